The Morgan fingerprint density at radius 1 is 1.03 bits per heavy atom. The first-order valence-corrected chi connectivity index (χ1v) is 9.07. The number of rotatable bonds is 5. The predicted molar refractivity (Wildman–Crippen MR) is 108 cm³/mol. The molecule has 2 N–H and O–H groups in total. The van der Waals surface area contributed by atoms with E-state index in [1.54, 1.807) is 30.3 Å². The molecule has 2 aromatic carbocycles. The van der Waals surface area contributed by atoms with Crippen LogP contribution in [0, 0.1) is 19.8 Å². The van der Waals surface area contributed by atoms with Gasteiger partial charge in [0, 0.05) is 18.3 Å². The molecule has 0 aliphatic carbocycles. The maximum Gasteiger partial charge on any atom is 0.328 e. The van der Waals surface area contributed by atoms with Gasteiger partial charge in [-0.1, -0.05) is 6.07 Å². The van der Waals surface area contributed by atoms with Crippen LogP contribution in [-0.4, -0.2) is 38.6 Å². The summed E-state index contributed by atoms with van der Waals surface area (Å²) in [5.74, 6) is -1.17. The Hall–Kier alpha value is -3.55. The number of carbonyl (C=O) groups excluding carboxylic acids is 3. The van der Waals surface area contributed by atoms with Gasteiger partial charge in [-0.2, -0.15) is 0 Å². The lowest BCUT2D eigenvalue weighted by atomic mass is 10.0. The molecule has 1 unspecified atom stereocenters. The number of benzene rings is 2. The first-order chi connectivity index (χ1) is 13.8. The lowest BCUT2D eigenvalue weighted by molar-refractivity contribution is -0.130. The van der Waals surface area contributed by atoms with Gasteiger partial charge in [0.25, 0.3) is 0 Å². The van der Waals surface area contributed by atoms with E-state index in [2.05, 4.69) is 10.6 Å². The van der Waals surface area contributed by atoms with Crippen LogP contribution in [0.3, 0.4) is 0 Å². The van der Waals surface area contributed by atoms with Crippen molar-refractivity contribution in [1.82, 2.24) is 5.32 Å². The fourth-order valence-electron chi connectivity index (χ4n) is 3.07. The van der Waals surface area contributed by atoms with Gasteiger partial charge in [-0.3, -0.25) is 9.59 Å². The predicted octanol–water partition coefficient (Wildman–Crippen LogP) is 2.63. The third-order valence-corrected chi connectivity index (χ3v) is 4.90. The van der Waals surface area contributed by atoms with Crippen molar-refractivity contribution in [2.24, 2.45) is 5.92 Å². The number of nitrogens with one attached hydrogen (secondary N) is 2. The summed E-state index contributed by atoms with van der Waals surface area (Å²) in [6.45, 7) is 3.77. The van der Waals surface area contributed by atoms with E-state index in [4.69, 9.17) is 9.47 Å². The number of hydrogen-bond acceptors (Lipinski definition) is 5. The minimum Gasteiger partial charge on any atom is -0.493 e. The molecule has 0 saturated carbocycles. The topological polar surface area (TPSA) is 97.0 Å². The van der Waals surface area contributed by atoms with Crippen molar-refractivity contribution in [3.05, 3.63) is 47.5 Å². The third kappa shape index (κ3) is 4.01. The van der Waals surface area contributed by atoms with Gasteiger partial charge >= 0.3 is 6.03 Å². The summed E-state index contributed by atoms with van der Waals surface area (Å²) in [5, 5.41) is 5.32. The van der Waals surface area contributed by atoms with Crippen molar-refractivity contribution in [3.63, 3.8) is 0 Å². The van der Waals surface area contributed by atoms with Gasteiger partial charge in [0.1, 0.15) is 5.92 Å². The fourth-order valence-corrected chi connectivity index (χ4v) is 3.07. The third-order valence-electron chi connectivity index (χ3n) is 4.90. The number of ether oxygens (including phenoxy) is 2. The lowest BCUT2D eigenvalue weighted by Crippen LogP contribution is -2.58. The van der Waals surface area contributed by atoms with Crippen LogP contribution in [0.1, 0.15) is 11.1 Å². The highest BCUT2D eigenvalue weighted by Crippen LogP contribution is 2.30. The van der Waals surface area contributed by atoms with E-state index in [9.17, 15) is 14.4 Å². The minimum atomic E-state index is -1.05. The molecule has 0 spiro atoms. The molecule has 1 saturated heterocycles. The van der Waals surface area contributed by atoms with E-state index in [1.807, 2.05) is 19.9 Å². The molecular weight excluding hydrogens is 374 g/mol. The van der Waals surface area contributed by atoms with Crippen LogP contribution in [0.25, 0.3) is 0 Å². The Morgan fingerprint density at radius 3 is 2.41 bits per heavy atom. The molecule has 8 nitrogen and oxygen atoms in total. The Kier molecular flexibility index (Phi) is 5.72. The van der Waals surface area contributed by atoms with E-state index >= 15 is 0 Å². The summed E-state index contributed by atoms with van der Waals surface area (Å²) in [7, 11) is 3.01. The number of aryl methyl sites for hydroxylation is 2. The molecular formula is C21H23N3O5. The zero-order valence-electron chi connectivity index (χ0n) is 16.7. The number of hydrogen-bond donors (Lipinski definition) is 2. The maximum atomic E-state index is 12.9. The number of imide groups is 1. The molecule has 1 aliphatic rings. The van der Waals surface area contributed by atoms with E-state index in [0.29, 0.717) is 22.9 Å². The minimum absolute atomic E-state index is 0.0713. The van der Waals surface area contributed by atoms with Gasteiger partial charge in [0.2, 0.25) is 11.8 Å². The second-order valence-corrected chi connectivity index (χ2v) is 6.74. The van der Waals surface area contributed by atoms with Crippen molar-refractivity contribution >= 4 is 29.2 Å². The van der Waals surface area contributed by atoms with E-state index in [1.165, 1.54) is 14.2 Å². The van der Waals surface area contributed by atoms with E-state index < -0.39 is 23.8 Å². The molecule has 0 aromatic heterocycles. The van der Waals surface area contributed by atoms with Crippen molar-refractivity contribution in [3.8, 4) is 11.5 Å². The Morgan fingerprint density at radius 2 is 1.76 bits per heavy atom. The zero-order valence-corrected chi connectivity index (χ0v) is 16.7. The van der Waals surface area contributed by atoms with Gasteiger partial charge in [-0.25, -0.2) is 9.69 Å². The molecule has 152 valence electrons. The first kappa shape index (κ1) is 20.2. The lowest BCUT2D eigenvalue weighted by Gasteiger charge is -2.31. The van der Waals surface area contributed by atoms with Crippen LogP contribution in [-0.2, 0) is 9.59 Å². The Balaban J connectivity index is 1.81. The molecule has 29 heavy (non-hydrogen) atoms. The van der Waals surface area contributed by atoms with Crippen LogP contribution >= 0.6 is 0 Å². The standard InChI is InChI=1S/C21H23N3O5/c1-12-5-7-15(9-13(12)2)24-20(26)16(11-22-21(24)27)19(25)23-14-6-8-17(28-3)18(10-14)29-4/h5-10,16H,11H2,1-4H3,(H,22,27)(H,23,25). The van der Waals surface area contributed by atoms with Gasteiger partial charge in [0.15, 0.2) is 11.5 Å². The van der Waals surface area contributed by atoms with Gasteiger partial charge < -0.3 is 20.1 Å². The van der Waals surface area contributed by atoms with Crippen molar-refractivity contribution in [2.45, 2.75) is 13.8 Å². The molecule has 0 bridgehead atoms. The summed E-state index contributed by atoms with van der Waals surface area (Å²) in [6.07, 6.45) is 0. The highest BCUT2D eigenvalue weighted by Gasteiger charge is 2.39. The molecule has 1 atom stereocenters. The first-order valence-electron chi connectivity index (χ1n) is 9.07. The van der Waals surface area contributed by atoms with Crippen LogP contribution in [0.15, 0.2) is 36.4 Å². The molecule has 1 heterocycles. The molecule has 1 aliphatic heterocycles. The van der Waals surface area contributed by atoms with E-state index in [-0.39, 0.29) is 6.54 Å². The smallest absolute Gasteiger partial charge is 0.328 e. The molecule has 4 amide bonds. The van der Waals surface area contributed by atoms with E-state index in [0.717, 1.165) is 16.0 Å². The molecule has 1 fully saturated rings. The number of carbonyl (C=O) groups is 3. The van der Waals surface area contributed by atoms with Crippen molar-refractivity contribution in [1.29, 1.82) is 0 Å². The molecule has 0 radical (unpaired) electrons. The summed E-state index contributed by atoms with van der Waals surface area (Å²) in [6, 6.07) is 9.62. The Labute approximate surface area is 168 Å². The van der Waals surface area contributed by atoms with Crippen molar-refractivity contribution < 1.29 is 23.9 Å². The highest BCUT2D eigenvalue weighted by atomic mass is 16.5. The largest absolute Gasteiger partial charge is 0.493 e. The SMILES string of the molecule is COc1ccc(NC(=O)C2CNC(=O)N(c3ccc(C)c(C)c3)C2=O)cc1OC. The summed E-state index contributed by atoms with van der Waals surface area (Å²) >= 11 is 0. The van der Waals surface area contributed by atoms with Crippen molar-refractivity contribution in [2.75, 3.05) is 31.0 Å². The number of anilines is 2. The zero-order chi connectivity index (χ0) is 21.1. The average Bonchev–Trinajstić information content (AvgIpc) is 2.70. The molecule has 2 aromatic rings. The number of urea groups is 1. The second-order valence-electron chi connectivity index (χ2n) is 6.74. The highest BCUT2D eigenvalue weighted by molar-refractivity contribution is 6.23. The normalized spacial score (nSPS) is 16.3. The van der Waals surface area contributed by atoms with Crippen LogP contribution in [0.2, 0.25) is 0 Å². The summed E-state index contributed by atoms with van der Waals surface area (Å²) < 4.78 is 10.4. The number of amides is 4. The van der Waals surface area contributed by atoms with Crippen LogP contribution < -0.4 is 25.0 Å². The average molecular weight is 397 g/mol. The summed E-state index contributed by atoms with van der Waals surface area (Å²) in [5.41, 5.74) is 2.87. The quantitative estimate of drug-likeness (QED) is 0.756. The number of nitrogens with zero attached hydrogens (tertiary/aromatic N) is 1. The molecule has 8 heteroatoms. The van der Waals surface area contributed by atoms with Crippen LogP contribution in [0.5, 0.6) is 11.5 Å². The number of methoxy groups -OCH3 is 2. The molecule has 3 rings (SSSR count). The maximum absolute atomic E-state index is 12.9. The van der Waals surface area contributed by atoms with Crippen LogP contribution in [0.4, 0.5) is 16.2 Å². The van der Waals surface area contributed by atoms with Gasteiger partial charge in [-0.15, -0.1) is 0 Å². The summed E-state index contributed by atoms with van der Waals surface area (Å²) in [4.78, 5) is 39.0. The second kappa shape index (κ2) is 8.22. The van der Waals surface area contributed by atoms with Gasteiger partial charge in [0.05, 0.1) is 19.9 Å². The fraction of sp³-hybridized carbons (Fsp3) is 0.286. The Bertz CT molecular complexity index is 973. The van der Waals surface area contributed by atoms with Gasteiger partial charge in [-0.05, 0) is 49.2 Å². The monoisotopic (exact) mass is 397 g/mol.